The van der Waals surface area contributed by atoms with Gasteiger partial charge in [-0.2, -0.15) is 13.2 Å². The number of hydrogen-bond donors (Lipinski definition) is 1. The maximum atomic E-state index is 13.3. The van der Waals surface area contributed by atoms with E-state index in [-0.39, 0.29) is 23.4 Å². The molecule has 2 aromatic rings. The van der Waals surface area contributed by atoms with Crippen molar-refractivity contribution in [1.82, 2.24) is 19.2 Å². The van der Waals surface area contributed by atoms with Crippen LogP contribution in [0.3, 0.4) is 0 Å². The lowest BCUT2D eigenvalue weighted by Crippen LogP contribution is -2.57. The number of fused-ring (bicyclic) bond motifs is 1. The molecule has 0 aliphatic carbocycles. The number of amides is 2. The summed E-state index contributed by atoms with van der Waals surface area (Å²) in [5, 5.41) is 11.8. The Hall–Kier alpha value is -3.29. The summed E-state index contributed by atoms with van der Waals surface area (Å²) in [6.07, 6.45) is -5.05. The Morgan fingerprint density at radius 3 is 2.26 bits per heavy atom. The third-order valence-electron chi connectivity index (χ3n) is 5.56. The van der Waals surface area contributed by atoms with Crippen molar-refractivity contribution >= 4 is 33.6 Å². The van der Waals surface area contributed by atoms with E-state index < -0.39 is 54.0 Å². The van der Waals surface area contributed by atoms with Crippen LogP contribution in [-0.2, 0) is 22.6 Å². The van der Waals surface area contributed by atoms with Gasteiger partial charge in [0.25, 0.3) is 11.5 Å². The first-order valence-electron chi connectivity index (χ1n) is 11.9. The van der Waals surface area contributed by atoms with E-state index >= 15 is 0 Å². The van der Waals surface area contributed by atoms with E-state index in [2.05, 4.69) is 0 Å². The van der Waals surface area contributed by atoms with Crippen molar-refractivity contribution in [3.8, 4) is 0 Å². The van der Waals surface area contributed by atoms with Gasteiger partial charge in [-0.05, 0) is 54.0 Å². The van der Waals surface area contributed by atoms with Gasteiger partial charge < -0.3 is 9.84 Å². The van der Waals surface area contributed by atoms with Crippen molar-refractivity contribution in [1.29, 1.82) is 0 Å². The average molecular weight is 563 g/mol. The van der Waals surface area contributed by atoms with Crippen LogP contribution in [0.1, 0.15) is 64.4 Å². The van der Waals surface area contributed by atoms with Crippen LogP contribution in [0, 0.1) is 6.92 Å². The van der Waals surface area contributed by atoms with Gasteiger partial charge in [-0.15, -0.1) is 11.3 Å². The highest BCUT2D eigenvalue weighted by atomic mass is 32.1. The van der Waals surface area contributed by atoms with E-state index in [0.29, 0.717) is 10.4 Å². The molecule has 0 bridgehead atoms. The molecular weight excluding hydrogens is 529 g/mol. The molecule has 0 radical (unpaired) electrons. The zero-order valence-electron chi connectivity index (χ0n) is 22.4. The number of ether oxygens (including phenoxy) is 1. The molecular formula is C24H33F3N4O6S. The number of nitrogens with zero attached hydrogens (tertiary/aromatic N) is 4. The minimum absolute atomic E-state index is 0.0311. The number of hydrazine groups is 1. The normalized spacial score (nSPS) is 12.5. The molecule has 14 heteroatoms. The quantitative estimate of drug-likeness (QED) is 0.285. The van der Waals surface area contributed by atoms with Gasteiger partial charge in [0, 0.05) is 23.5 Å². The molecule has 0 fully saturated rings. The molecule has 2 aromatic heterocycles. The zero-order chi connectivity index (χ0) is 29.2. The Morgan fingerprint density at radius 2 is 1.79 bits per heavy atom. The first-order valence-corrected chi connectivity index (χ1v) is 12.7. The van der Waals surface area contributed by atoms with Crippen LogP contribution in [-0.4, -0.2) is 54.6 Å². The van der Waals surface area contributed by atoms with Gasteiger partial charge in [-0.3, -0.25) is 18.7 Å². The fourth-order valence-electron chi connectivity index (χ4n) is 3.88. The molecule has 10 nitrogen and oxygen atoms in total. The van der Waals surface area contributed by atoms with Crippen LogP contribution in [0.25, 0.3) is 10.2 Å². The molecule has 0 aliphatic rings. The third-order valence-corrected chi connectivity index (χ3v) is 6.86. The van der Waals surface area contributed by atoms with Gasteiger partial charge in [0.2, 0.25) is 0 Å². The number of carbonyl (C=O) groups is 2. The van der Waals surface area contributed by atoms with Crippen LogP contribution in [0.15, 0.2) is 21.9 Å². The van der Waals surface area contributed by atoms with Gasteiger partial charge in [0.1, 0.15) is 4.83 Å². The van der Waals surface area contributed by atoms with Crippen molar-refractivity contribution in [2.45, 2.75) is 85.7 Å². The highest BCUT2D eigenvalue weighted by Gasteiger charge is 2.36. The maximum absolute atomic E-state index is 13.3. The van der Waals surface area contributed by atoms with Crippen molar-refractivity contribution in [2.75, 3.05) is 6.61 Å². The summed E-state index contributed by atoms with van der Waals surface area (Å²) >= 11 is 0.877. The lowest BCUT2D eigenvalue weighted by Gasteiger charge is -2.40. The molecule has 0 unspecified atom stereocenters. The summed E-state index contributed by atoms with van der Waals surface area (Å²) in [5.74, 6) is -0.735. The molecule has 0 spiro atoms. The Bertz CT molecular complexity index is 1330. The fraction of sp³-hybridized carbons (Fsp3) is 0.583. The molecule has 0 saturated carbocycles. The monoisotopic (exact) mass is 562 g/mol. The highest BCUT2D eigenvalue weighted by molar-refractivity contribution is 7.18. The topological polar surface area (TPSA) is 114 Å². The summed E-state index contributed by atoms with van der Waals surface area (Å²) in [5.41, 5.74) is -2.26. The molecule has 0 saturated heterocycles. The van der Waals surface area contributed by atoms with Gasteiger partial charge in [-0.25, -0.2) is 19.6 Å². The second kappa shape index (κ2) is 11.6. The molecule has 2 rings (SSSR count). The number of halogens is 3. The van der Waals surface area contributed by atoms with Gasteiger partial charge in [0.15, 0.2) is 0 Å². The van der Waals surface area contributed by atoms with Crippen LogP contribution >= 0.6 is 11.3 Å². The van der Waals surface area contributed by atoms with Crippen LogP contribution in [0.5, 0.6) is 0 Å². The summed E-state index contributed by atoms with van der Waals surface area (Å²) in [6.45, 7) is 10.4. The number of carboxylic acid groups (broad SMARTS) is 1. The standard InChI is InChI=1S/C24H33F3N4O6S/c1-8-37-12-9-17(32)29(31(22(35)36)23(5,6)7)13-16-15(4)18-19(33)30(14(2)3)21(34)28(20(18)38-16)11-10-24(25,26)27/h9,12,14H,8,10-11,13H2,1-7H3,(H,35,36). The smallest absolute Gasteiger partial charge is 0.426 e. The first kappa shape index (κ1) is 30.9. The lowest BCUT2D eigenvalue weighted by molar-refractivity contribution is -0.149. The molecule has 0 aliphatic heterocycles. The van der Waals surface area contributed by atoms with Crippen LogP contribution in [0.4, 0.5) is 18.0 Å². The SMILES string of the molecule is CCOC=CC(=O)N(Cc1sc2c(c1C)c(=O)n(C(C)C)c(=O)n2CCC(F)(F)F)N(C(=O)O)C(C)(C)C. The molecule has 38 heavy (non-hydrogen) atoms. The lowest BCUT2D eigenvalue weighted by atomic mass is 10.1. The highest BCUT2D eigenvalue weighted by Crippen LogP contribution is 2.32. The van der Waals surface area contributed by atoms with E-state index in [0.717, 1.165) is 42.8 Å². The third kappa shape index (κ3) is 6.77. The van der Waals surface area contributed by atoms with Crippen LogP contribution in [0.2, 0.25) is 0 Å². The zero-order valence-corrected chi connectivity index (χ0v) is 23.2. The van der Waals surface area contributed by atoms with Gasteiger partial charge in [0.05, 0.1) is 36.8 Å². The van der Waals surface area contributed by atoms with Crippen molar-refractivity contribution in [3.05, 3.63) is 43.6 Å². The number of hydrogen-bond acceptors (Lipinski definition) is 6. The Balaban J connectivity index is 2.80. The van der Waals surface area contributed by atoms with E-state index in [1.54, 1.807) is 48.5 Å². The summed E-state index contributed by atoms with van der Waals surface area (Å²) in [7, 11) is 0. The van der Waals surface area contributed by atoms with E-state index in [4.69, 9.17) is 4.74 Å². The molecule has 2 amide bonds. The summed E-state index contributed by atoms with van der Waals surface area (Å²) in [4.78, 5) is 52.0. The van der Waals surface area contributed by atoms with E-state index in [1.807, 2.05) is 0 Å². The van der Waals surface area contributed by atoms with Gasteiger partial charge in [-0.1, -0.05) is 0 Å². The molecule has 0 atom stereocenters. The van der Waals surface area contributed by atoms with Crippen molar-refractivity contribution < 1.29 is 32.6 Å². The molecule has 2 heterocycles. The second-order valence-corrected chi connectivity index (χ2v) is 10.9. The second-order valence-electron chi connectivity index (χ2n) is 9.82. The first-order chi connectivity index (χ1) is 17.4. The van der Waals surface area contributed by atoms with E-state index in [1.165, 1.54) is 0 Å². The number of carbonyl (C=O) groups excluding carboxylic acids is 1. The fourth-order valence-corrected chi connectivity index (χ4v) is 5.17. The molecule has 1 N–H and O–H groups in total. The number of rotatable bonds is 8. The predicted octanol–water partition coefficient (Wildman–Crippen LogP) is 4.64. The number of thiophene rings is 1. The maximum Gasteiger partial charge on any atom is 0.426 e. The van der Waals surface area contributed by atoms with Crippen molar-refractivity contribution in [3.63, 3.8) is 0 Å². The Kier molecular flexibility index (Phi) is 9.46. The Labute approximate surface area is 221 Å². The average Bonchev–Trinajstić information content (AvgIpc) is 3.07. The summed E-state index contributed by atoms with van der Waals surface area (Å²) in [6, 6.07) is -0.621. The number of alkyl halides is 3. The minimum Gasteiger partial charge on any atom is -0.501 e. The number of aryl methyl sites for hydroxylation is 2. The predicted molar refractivity (Wildman–Crippen MR) is 137 cm³/mol. The largest absolute Gasteiger partial charge is 0.501 e. The van der Waals surface area contributed by atoms with Gasteiger partial charge >= 0.3 is 18.0 Å². The Morgan fingerprint density at radius 1 is 1.18 bits per heavy atom. The van der Waals surface area contributed by atoms with Crippen molar-refractivity contribution in [2.24, 2.45) is 0 Å². The molecule has 0 aromatic carbocycles. The summed E-state index contributed by atoms with van der Waals surface area (Å²) < 4.78 is 46.1. The van der Waals surface area contributed by atoms with E-state index in [9.17, 15) is 37.5 Å². The van der Waals surface area contributed by atoms with Crippen LogP contribution < -0.4 is 11.2 Å². The number of aromatic nitrogens is 2. The molecule has 212 valence electrons. The minimum atomic E-state index is -4.54.